The van der Waals surface area contributed by atoms with Crippen LogP contribution in [0.15, 0.2) is 28.2 Å². The highest BCUT2D eigenvalue weighted by atomic mass is 32.1. The molecule has 2 aliphatic heterocycles. The smallest absolute Gasteiger partial charge is 0.249 e. The van der Waals surface area contributed by atoms with E-state index in [2.05, 4.69) is 10.3 Å². The van der Waals surface area contributed by atoms with Gasteiger partial charge in [0.25, 0.3) is 0 Å². The first-order chi connectivity index (χ1) is 14.0. The van der Waals surface area contributed by atoms with Crippen molar-refractivity contribution in [3.05, 3.63) is 23.8 Å². The van der Waals surface area contributed by atoms with Gasteiger partial charge < -0.3 is 25.1 Å². The van der Waals surface area contributed by atoms with Crippen molar-refractivity contribution in [3.63, 3.8) is 0 Å². The fourth-order valence-electron chi connectivity index (χ4n) is 3.80. The third-order valence-corrected chi connectivity index (χ3v) is 6.16. The van der Waals surface area contributed by atoms with Crippen LogP contribution in [-0.2, 0) is 14.3 Å². The van der Waals surface area contributed by atoms with Gasteiger partial charge in [0.15, 0.2) is 10.9 Å². The normalized spacial score (nSPS) is 23.9. The summed E-state index contributed by atoms with van der Waals surface area (Å²) in [6.07, 6.45) is 1.61. The van der Waals surface area contributed by atoms with Crippen LogP contribution in [0.5, 0.6) is 0 Å². The van der Waals surface area contributed by atoms with Crippen molar-refractivity contribution in [3.8, 4) is 11.5 Å². The summed E-state index contributed by atoms with van der Waals surface area (Å²) in [6.45, 7) is 0.996. The number of carbonyl (C=O) groups is 2. The molecule has 0 unspecified atom stereocenters. The van der Waals surface area contributed by atoms with Gasteiger partial charge in [-0.3, -0.25) is 9.59 Å². The Morgan fingerprint density at radius 2 is 2.17 bits per heavy atom. The van der Waals surface area contributed by atoms with Crippen molar-refractivity contribution >= 4 is 28.3 Å². The maximum Gasteiger partial charge on any atom is 0.249 e. The quantitative estimate of drug-likeness (QED) is 0.763. The number of carbonyl (C=O) groups excluding carboxylic acids is 2. The Labute approximate surface area is 171 Å². The zero-order valence-corrected chi connectivity index (χ0v) is 16.6. The number of furan rings is 1. The molecule has 10 heteroatoms. The number of nitrogens with two attached hydrogens (primary N) is 1. The van der Waals surface area contributed by atoms with Gasteiger partial charge in [0.2, 0.25) is 11.8 Å². The van der Waals surface area contributed by atoms with Crippen LogP contribution >= 0.6 is 11.3 Å². The first kappa shape index (κ1) is 20.0. The summed E-state index contributed by atoms with van der Waals surface area (Å²) >= 11 is 1.24. The summed E-state index contributed by atoms with van der Waals surface area (Å²) in [7, 11) is 0. The van der Waals surface area contributed by atoms with E-state index >= 15 is 0 Å². The minimum atomic E-state index is -1.26. The van der Waals surface area contributed by atoms with Crippen LogP contribution in [0.4, 0.5) is 9.52 Å². The highest BCUT2D eigenvalue weighted by molar-refractivity contribution is 7.14. The number of hydrogen-bond acceptors (Lipinski definition) is 7. The second kappa shape index (κ2) is 8.60. The van der Waals surface area contributed by atoms with Crippen LogP contribution in [-0.4, -0.2) is 59.7 Å². The van der Waals surface area contributed by atoms with Gasteiger partial charge in [-0.05, 0) is 30.9 Å². The Balaban J connectivity index is 1.43. The molecule has 2 aromatic rings. The van der Waals surface area contributed by atoms with E-state index < -0.39 is 24.2 Å². The van der Waals surface area contributed by atoms with Crippen LogP contribution in [0.25, 0.3) is 11.5 Å². The zero-order valence-electron chi connectivity index (χ0n) is 15.8. The second-order valence-corrected chi connectivity index (χ2v) is 8.18. The lowest BCUT2D eigenvalue weighted by atomic mass is 9.91. The van der Waals surface area contributed by atoms with Crippen molar-refractivity contribution in [2.24, 2.45) is 11.7 Å². The second-order valence-electron chi connectivity index (χ2n) is 7.32. The minimum absolute atomic E-state index is 0.0200. The number of hydrogen-bond donors (Lipinski definition) is 2. The van der Waals surface area contributed by atoms with Crippen LogP contribution in [0, 0.1) is 5.92 Å². The summed E-state index contributed by atoms with van der Waals surface area (Å²) in [5.74, 6) is -0.273. The monoisotopic (exact) mass is 422 g/mol. The average molecular weight is 422 g/mol. The molecule has 0 aliphatic carbocycles. The fraction of sp³-hybridized carbons (Fsp3) is 0.526. The Hall–Kier alpha value is -2.30. The number of rotatable bonds is 5. The van der Waals surface area contributed by atoms with Gasteiger partial charge >= 0.3 is 0 Å². The molecule has 2 amide bonds. The number of nitrogens with one attached hydrogen (secondary N) is 1. The highest BCUT2D eigenvalue weighted by Crippen LogP contribution is 2.28. The number of ether oxygens (including phenoxy) is 1. The van der Waals surface area contributed by atoms with E-state index in [1.807, 2.05) is 0 Å². The molecule has 29 heavy (non-hydrogen) atoms. The van der Waals surface area contributed by atoms with Gasteiger partial charge in [0, 0.05) is 25.0 Å². The van der Waals surface area contributed by atoms with Gasteiger partial charge in [-0.15, -0.1) is 11.3 Å². The molecule has 3 atom stereocenters. The van der Waals surface area contributed by atoms with Crippen LogP contribution in [0.3, 0.4) is 0 Å². The lowest BCUT2D eigenvalue weighted by molar-refractivity contribution is -0.139. The number of anilines is 1. The van der Waals surface area contributed by atoms with Crippen molar-refractivity contribution in [2.45, 2.75) is 37.5 Å². The predicted molar refractivity (Wildman–Crippen MR) is 105 cm³/mol. The first-order valence-corrected chi connectivity index (χ1v) is 10.5. The lowest BCUT2D eigenvalue weighted by Crippen LogP contribution is -2.53. The van der Waals surface area contributed by atoms with Crippen molar-refractivity contribution in [2.75, 3.05) is 25.1 Å². The van der Waals surface area contributed by atoms with Crippen molar-refractivity contribution < 1.29 is 23.1 Å². The molecule has 0 saturated carbocycles. The topological polar surface area (TPSA) is 111 Å². The highest BCUT2D eigenvalue weighted by Gasteiger charge is 2.43. The molecule has 156 valence electrons. The van der Waals surface area contributed by atoms with E-state index in [1.165, 1.54) is 22.5 Å². The van der Waals surface area contributed by atoms with E-state index in [0.717, 1.165) is 0 Å². The number of likely N-dealkylation sites (tertiary alicyclic amines) is 1. The van der Waals surface area contributed by atoms with E-state index in [0.29, 0.717) is 42.6 Å². The molecule has 0 radical (unpaired) electrons. The lowest BCUT2D eigenvalue weighted by Gasteiger charge is -2.31. The Bertz CT molecular complexity index is 852. The number of amides is 2. The Morgan fingerprint density at radius 3 is 2.90 bits per heavy atom. The van der Waals surface area contributed by atoms with Gasteiger partial charge in [-0.1, -0.05) is 0 Å². The zero-order chi connectivity index (χ0) is 20.4. The molecule has 2 aliphatic rings. The third-order valence-electron chi connectivity index (χ3n) is 5.40. The number of aromatic nitrogens is 1. The maximum atomic E-state index is 14.1. The number of alkyl halides is 1. The minimum Gasteiger partial charge on any atom is -0.463 e. The van der Waals surface area contributed by atoms with E-state index in [-0.39, 0.29) is 24.8 Å². The number of nitrogens with zero attached hydrogens (tertiary/aromatic N) is 2. The third kappa shape index (κ3) is 4.34. The number of thiazole rings is 1. The molecule has 3 N–H and O–H groups in total. The van der Waals surface area contributed by atoms with E-state index in [9.17, 15) is 14.0 Å². The summed E-state index contributed by atoms with van der Waals surface area (Å²) < 4.78 is 24.7. The molecule has 8 nitrogen and oxygen atoms in total. The standard InChI is InChI=1S/C19H23FN4O4S/c20-12-8-14(24(9-12)18(26)16(21)11-3-6-27-7-4-11)17(25)23-19-22-13(10-29-19)15-2-1-5-28-15/h1-2,5,10-12,14,16H,3-4,6-9,21H2,(H,22,23,25)/t12-,14-,16+/m0/s1. The molecule has 2 aromatic heterocycles. The van der Waals surface area contributed by atoms with Gasteiger partial charge in [0.05, 0.1) is 18.8 Å². The van der Waals surface area contributed by atoms with Crippen LogP contribution in [0.2, 0.25) is 0 Å². The SMILES string of the molecule is N[C@@H](C(=O)N1C[C@@H](F)C[C@H]1C(=O)Nc1nc(-c2ccco2)cs1)C1CCOCC1. The molecule has 4 rings (SSSR count). The molecule has 2 saturated heterocycles. The average Bonchev–Trinajstić information content (AvgIpc) is 3.48. The van der Waals surface area contributed by atoms with Crippen LogP contribution < -0.4 is 11.1 Å². The molecule has 2 fully saturated rings. The first-order valence-electron chi connectivity index (χ1n) is 9.61. The van der Waals surface area contributed by atoms with Crippen molar-refractivity contribution in [1.29, 1.82) is 0 Å². The maximum absolute atomic E-state index is 14.1. The molecular weight excluding hydrogens is 399 g/mol. The fourth-order valence-corrected chi connectivity index (χ4v) is 4.50. The van der Waals surface area contributed by atoms with Crippen LogP contribution in [0.1, 0.15) is 19.3 Å². The molecule has 0 spiro atoms. The molecule has 0 aromatic carbocycles. The van der Waals surface area contributed by atoms with Gasteiger partial charge in [-0.25, -0.2) is 9.37 Å². The molecule has 4 heterocycles. The Morgan fingerprint density at radius 1 is 1.38 bits per heavy atom. The molecular formula is C19H23FN4O4S. The Kier molecular flexibility index (Phi) is 5.93. The molecule has 0 bridgehead atoms. The van der Waals surface area contributed by atoms with Gasteiger partial charge in [0.1, 0.15) is 17.9 Å². The summed E-state index contributed by atoms with van der Waals surface area (Å²) in [5.41, 5.74) is 6.76. The largest absolute Gasteiger partial charge is 0.463 e. The number of halogens is 1. The van der Waals surface area contributed by atoms with E-state index in [4.69, 9.17) is 14.9 Å². The van der Waals surface area contributed by atoms with Gasteiger partial charge in [-0.2, -0.15) is 0 Å². The summed E-state index contributed by atoms with van der Waals surface area (Å²) in [5, 5.41) is 4.82. The predicted octanol–water partition coefficient (Wildman–Crippen LogP) is 2.03. The van der Waals surface area contributed by atoms with E-state index in [1.54, 1.807) is 17.5 Å². The summed E-state index contributed by atoms with van der Waals surface area (Å²) in [6, 6.07) is 1.85. The summed E-state index contributed by atoms with van der Waals surface area (Å²) in [4.78, 5) is 31.3. The van der Waals surface area contributed by atoms with Crippen molar-refractivity contribution in [1.82, 2.24) is 9.88 Å².